The van der Waals surface area contributed by atoms with Crippen molar-refractivity contribution in [2.75, 3.05) is 32.7 Å². The van der Waals surface area contributed by atoms with Crippen molar-refractivity contribution in [1.82, 2.24) is 0 Å². The van der Waals surface area contributed by atoms with Crippen molar-refractivity contribution in [3.8, 4) is 0 Å². The highest BCUT2D eigenvalue weighted by Crippen LogP contribution is 2.11. The van der Waals surface area contributed by atoms with Gasteiger partial charge in [0.2, 0.25) is 0 Å². The largest absolute Gasteiger partial charge is 0.528 e. The SMILES string of the molecule is CCCCCOC[Si](OCC)(OCC)OCC. The van der Waals surface area contributed by atoms with Gasteiger partial charge in [-0.05, 0) is 27.2 Å². The molecule has 0 fully saturated rings. The molecule has 0 aromatic rings. The second kappa shape index (κ2) is 11.2. The van der Waals surface area contributed by atoms with Crippen LogP contribution in [0.1, 0.15) is 47.0 Å². The first-order chi connectivity index (χ1) is 8.24. The topological polar surface area (TPSA) is 36.9 Å². The zero-order valence-electron chi connectivity index (χ0n) is 11.8. The van der Waals surface area contributed by atoms with E-state index in [1.165, 1.54) is 12.8 Å². The first-order valence-electron chi connectivity index (χ1n) is 6.74. The van der Waals surface area contributed by atoms with Crippen LogP contribution in [0, 0.1) is 0 Å². The molecule has 17 heavy (non-hydrogen) atoms. The summed E-state index contributed by atoms with van der Waals surface area (Å²) in [5.41, 5.74) is 0. The molecular weight excluding hydrogens is 236 g/mol. The third-order valence-corrected chi connectivity index (χ3v) is 5.01. The van der Waals surface area contributed by atoms with Crippen LogP contribution in [0.15, 0.2) is 0 Å². The molecule has 0 amide bonds. The van der Waals surface area contributed by atoms with Gasteiger partial charge < -0.3 is 18.0 Å². The number of hydrogen-bond donors (Lipinski definition) is 0. The highest BCUT2D eigenvalue weighted by atomic mass is 28.4. The Kier molecular flexibility index (Phi) is 11.2. The number of rotatable bonds is 12. The maximum absolute atomic E-state index is 5.69. The van der Waals surface area contributed by atoms with Gasteiger partial charge in [0.15, 0.2) is 0 Å². The summed E-state index contributed by atoms with van der Waals surface area (Å²) >= 11 is 0. The fraction of sp³-hybridized carbons (Fsp3) is 1.00. The van der Waals surface area contributed by atoms with Crippen LogP contribution >= 0.6 is 0 Å². The van der Waals surface area contributed by atoms with E-state index in [1.807, 2.05) is 20.8 Å². The van der Waals surface area contributed by atoms with Crippen molar-refractivity contribution in [2.45, 2.75) is 47.0 Å². The molecule has 0 atom stereocenters. The lowest BCUT2D eigenvalue weighted by Crippen LogP contribution is -2.51. The molecule has 0 rings (SSSR count). The van der Waals surface area contributed by atoms with E-state index < -0.39 is 8.80 Å². The molecule has 4 nitrogen and oxygen atoms in total. The zero-order chi connectivity index (χ0) is 13.0. The predicted molar refractivity (Wildman–Crippen MR) is 71.0 cm³/mol. The van der Waals surface area contributed by atoms with Gasteiger partial charge in [-0.3, -0.25) is 0 Å². The van der Waals surface area contributed by atoms with Crippen LogP contribution < -0.4 is 0 Å². The second-order valence-electron chi connectivity index (χ2n) is 3.74. The summed E-state index contributed by atoms with van der Waals surface area (Å²) in [5.74, 6) is 0. The van der Waals surface area contributed by atoms with Crippen LogP contribution in [-0.2, 0) is 18.0 Å². The zero-order valence-corrected chi connectivity index (χ0v) is 12.8. The standard InChI is InChI=1S/C12H28O4Si/c1-5-9-10-11-13-12-17(14-6-2,15-7-3)16-8-4/h5-12H2,1-4H3. The van der Waals surface area contributed by atoms with Crippen molar-refractivity contribution in [3.63, 3.8) is 0 Å². The normalized spacial score (nSPS) is 12.0. The van der Waals surface area contributed by atoms with Gasteiger partial charge in [-0.1, -0.05) is 19.8 Å². The minimum Gasteiger partial charge on any atom is -0.377 e. The van der Waals surface area contributed by atoms with Gasteiger partial charge in [0, 0.05) is 26.4 Å². The first-order valence-corrected chi connectivity index (χ1v) is 8.67. The van der Waals surface area contributed by atoms with E-state index in [2.05, 4.69) is 6.92 Å². The van der Waals surface area contributed by atoms with E-state index >= 15 is 0 Å². The molecule has 0 aliphatic carbocycles. The van der Waals surface area contributed by atoms with Crippen LogP contribution in [0.5, 0.6) is 0 Å². The second-order valence-corrected chi connectivity index (χ2v) is 6.26. The van der Waals surface area contributed by atoms with Crippen LogP contribution in [0.25, 0.3) is 0 Å². The Morgan fingerprint density at radius 1 is 0.765 bits per heavy atom. The van der Waals surface area contributed by atoms with Crippen molar-refractivity contribution in [3.05, 3.63) is 0 Å². The van der Waals surface area contributed by atoms with Gasteiger partial charge in [0.05, 0.1) is 0 Å². The molecule has 0 N–H and O–H groups in total. The van der Waals surface area contributed by atoms with E-state index in [4.69, 9.17) is 18.0 Å². The molecule has 0 aromatic carbocycles. The van der Waals surface area contributed by atoms with Gasteiger partial charge in [-0.15, -0.1) is 0 Å². The average molecular weight is 264 g/mol. The first kappa shape index (κ1) is 17.1. The Bertz CT molecular complexity index is 150. The molecule has 5 heteroatoms. The summed E-state index contributed by atoms with van der Waals surface area (Å²) in [7, 11) is -2.58. The smallest absolute Gasteiger partial charge is 0.377 e. The van der Waals surface area contributed by atoms with E-state index in [9.17, 15) is 0 Å². The molecule has 104 valence electrons. The number of unbranched alkanes of at least 4 members (excludes halogenated alkanes) is 2. The Morgan fingerprint density at radius 2 is 1.29 bits per heavy atom. The van der Waals surface area contributed by atoms with Gasteiger partial charge in [0.25, 0.3) is 0 Å². The summed E-state index contributed by atoms with van der Waals surface area (Å²) in [4.78, 5) is 0. The van der Waals surface area contributed by atoms with Gasteiger partial charge in [-0.2, -0.15) is 0 Å². The fourth-order valence-electron chi connectivity index (χ4n) is 1.56. The Hall–Kier alpha value is 0.0569. The molecule has 0 radical (unpaired) electrons. The summed E-state index contributed by atoms with van der Waals surface area (Å²) in [6.45, 7) is 10.6. The Labute approximate surface area is 107 Å². The molecule has 0 aromatic heterocycles. The summed E-state index contributed by atoms with van der Waals surface area (Å²) < 4.78 is 22.7. The number of hydrogen-bond acceptors (Lipinski definition) is 4. The van der Waals surface area contributed by atoms with Gasteiger partial charge in [0.1, 0.15) is 6.23 Å². The van der Waals surface area contributed by atoms with Gasteiger partial charge in [-0.25, -0.2) is 0 Å². The van der Waals surface area contributed by atoms with Crippen LogP contribution in [0.2, 0.25) is 0 Å². The van der Waals surface area contributed by atoms with Crippen molar-refractivity contribution in [2.24, 2.45) is 0 Å². The molecular formula is C12H28O4Si. The third kappa shape index (κ3) is 7.89. The average Bonchev–Trinajstić information content (AvgIpc) is 2.30. The van der Waals surface area contributed by atoms with Crippen molar-refractivity contribution < 1.29 is 18.0 Å². The van der Waals surface area contributed by atoms with Crippen molar-refractivity contribution >= 4 is 8.80 Å². The van der Waals surface area contributed by atoms with Crippen LogP contribution in [0.3, 0.4) is 0 Å². The minimum absolute atomic E-state index is 0.465. The van der Waals surface area contributed by atoms with E-state index in [0.717, 1.165) is 13.0 Å². The molecule has 0 spiro atoms. The fourth-order valence-corrected chi connectivity index (χ4v) is 3.77. The summed E-state index contributed by atoms with van der Waals surface area (Å²) in [5, 5.41) is 0. The molecule has 0 saturated carbocycles. The summed E-state index contributed by atoms with van der Waals surface area (Å²) in [6, 6.07) is 0. The molecule has 0 bridgehead atoms. The lowest BCUT2D eigenvalue weighted by molar-refractivity contribution is 0.0295. The predicted octanol–water partition coefficient (Wildman–Crippen LogP) is 2.78. The molecule has 0 aliphatic heterocycles. The Morgan fingerprint density at radius 3 is 1.71 bits per heavy atom. The molecule has 0 unspecified atom stereocenters. The Balaban J connectivity index is 4.05. The van der Waals surface area contributed by atoms with E-state index in [1.54, 1.807) is 0 Å². The highest BCUT2D eigenvalue weighted by Gasteiger charge is 2.41. The van der Waals surface area contributed by atoms with Crippen LogP contribution in [0.4, 0.5) is 0 Å². The molecule has 0 heterocycles. The number of ether oxygens (including phenoxy) is 1. The lowest BCUT2D eigenvalue weighted by Gasteiger charge is -2.28. The van der Waals surface area contributed by atoms with E-state index in [-0.39, 0.29) is 0 Å². The molecule has 0 aliphatic rings. The maximum atomic E-state index is 5.69. The maximum Gasteiger partial charge on any atom is 0.528 e. The third-order valence-electron chi connectivity index (χ3n) is 2.26. The van der Waals surface area contributed by atoms with Crippen LogP contribution in [-0.4, -0.2) is 41.5 Å². The summed E-state index contributed by atoms with van der Waals surface area (Å²) in [6.07, 6.45) is 3.96. The minimum atomic E-state index is -2.58. The lowest BCUT2D eigenvalue weighted by atomic mass is 10.3. The quantitative estimate of drug-likeness (QED) is 0.401. The monoisotopic (exact) mass is 264 g/mol. The molecule has 0 saturated heterocycles. The van der Waals surface area contributed by atoms with E-state index in [0.29, 0.717) is 26.1 Å². The highest BCUT2D eigenvalue weighted by molar-refractivity contribution is 6.60. The van der Waals surface area contributed by atoms with Gasteiger partial charge >= 0.3 is 8.80 Å². The van der Waals surface area contributed by atoms with Crippen molar-refractivity contribution in [1.29, 1.82) is 0 Å².